The van der Waals surface area contributed by atoms with Crippen LogP contribution in [-0.4, -0.2) is 34.5 Å². The lowest BCUT2D eigenvalue weighted by molar-refractivity contribution is -0.153. The van der Waals surface area contributed by atoms with E-state index in [0.717, 1.165) is 18.4 Å². The molecule has 164 valence electrons. The lowest BCUT2D eigenvalue weighted by Crippen LogP contribution is -2.27. The number of pyridine rings is 1. The molecule has 2 aliphatic rings. The Morgan fingerprint density at radius 2 is 1.97 bits per heavy atom. The highest BCUT2D eigenvalue weighted by Gasteiger charge is 2.34. The molecule has 9 heteroatoms. The molecule has 1 fully saturated rings. The molecule has 1 saturated carbocycles. The summed E-state index contributed by atoms with van der Waals surface area (Å²) >= 11 is 0. The molecule has 1 aromatic heterocycles. The molecule has 0 spiro atoms. The van der Waals surface area contributed by atoms with Gasteiger partial charge < -0.3 is 15.0 Å². The summed E-state index contributed by atoms with van der Waals surface area (Å²) in [6.45, 7) is 0.771. The third-order valence-corrected chi connectivity index (χ3v) is 5.54. The van der Waals surface area contributed by atoms with Gasteiger partial charge in [0.05, 0.1) is 12.6 Å². The van der Waals surface area contributed by atoms with Crippen molar-refractivity contribution in [2.45, 2.75) is 44.9 Å². The molecular formula is C22H22F3N3O3. The molecule has 4 rings (SSSR count). The van der Waals surface area contributed by atoms with Gasteiger partial charge in [-0.1, -0.05) is 12.1 Å². The lowest BCUT2D eigenvalue weighted by atomic mass is 10.1. The smallest absolute Gasteiger partial charge is 0.422 e. The monoisotopic (exact) mass is 433 g/mol. The zero-order valence-corrected chi connectivity index (χ0v) is 16.9. The minimum absolute atomic E-state index is 0.100. The highest BCUT2D eigenvalue weighted by atomic mass is 19.4. The molecule has 1 aliphatic carbocycles. The van der Waals surface area contributed by atoms with Gasteiger partial charge in [0.25, 0.3) is 5.91 Å². The summed E-state index contributed by atoms with van der Waals surface area (Å²) in [4.78, 5) is 31.0. The maximum Gasteiger partial charge on any atom is 0.422 e. The summed E-state index contributed by atoms with van der Waals surface area (Å²) in [7, 11) is 0. The fourth-order valence-electron chi connectivity index (χ4n) is 3.63. The Kier molecular flexibility index (Phi) is 5.60. The molecule has 6 nitrogen and oxygen atoms in total. The van der Waals surface area contributed by atoms with Gasteiger partial charge in [0, 0.05) is 23.7 Å². The SMILES string of the molecule is CC(c1ccc(OCC(F)(F)F)cc1)N1Cc2c(ccnc2NC(=O)CC2CC2)C1=O. The van der Waals surface area contributed by atoms with Crippen molar-refractivity contribution in [3.05, 3.63) is 53.2 Å². The van der Waals surface area contributed by atoms with Crippen molar-refractivity contribution in [1.82, 2.24) is 9.88 Å². The van der Waals surface area contributed by atoms with E-state index in [0.29, 0.717) is 29.3 Å². The molecule has 0 bridgehead atoms. The first-order chi connectivity index (χ1) is 14.7. The van der Waals surface area contributed by atoms with Gasteiger partial charge in [-0.15, -0.1) is 0 Å². The van der Waals surface area contributed by atoms with Crippen molar-refractivity contribution in [3.63, 3.8) is 0 Å². The van der Waals surface area contributed by atoms with E-state index in [9.17, 15) is 22.8 Å². The summed E-state index contributed by atoms with van der Waals surface area (Å²) in [5, 5.41) is 2.83. The Morgan fingerprint density at radius 1 is 1.26 bits per heavy atom. The number of amides is 2. The number of nitrogens with one attached hydrogen (secondary N) is 1. The topological polar surface area (TPSA) is 71.5 Å². The van der Waals surface area contributed by atoms with Crippen molar-refractivity contribution in [3.8, 4) is 5.75 Å². The first kappa shape index (κ1) is 21.1. The average molecular weight is 433 g/mol. The number of benzene rings is 1. The van der Waals surface area contributed by atoms with Crippen LogP contribution >= 0.6 is 0 Å². The molecule has 0 radical (unpaired) electrons. The van der Waals surface area contributed by atoms with Crippen LogP contribution in [0.4, 0.5) is 19.0 Å². The fourth-order valence-corrected chi connectivity index (χ4v) is 3.63. The third kappa shape index (κ3) is 4.98. The number of hydrogen-bond acceptors (Lipinski definition) is 4. The molecular weight excluding hydrogens is 411 g/mol. The summed E-state index contributed by atoms with van der Waals surface area (Å²) in [6, 6.07) is 7.50. The zero-order valence-electron chi connectivity index (χ0n) is 16.9. The summed E-state index contributed by atoms with van der Waals surface area (Å²) < 4.78 is 41.6. The van der Waals surface area contributed by atoms with Gasteiger partial charge in [0.2, 0.25) is 5.91 Å². The van der Waals surface area contributed by atoms with Crippen LogP contribution < -0.4 is 10.1 Å². The van der Waals surface area contributed by atoms with E-state index in [4.69, 9.17) is 4.74 Å². The average Bonchev–Trinajstić information content (AvgIpc) is 3.47. The van der Waals surface area contributed by atoms with Gasteiger partial charge in [0.15, 0.2) is 6.61 Å². The Hall–Kier alpha value is -3.10. The number of carbonyl (C=O) groups is 2. The van der Waals surface area contributed by atoms with Gasteiger partial charge in [-0.2, -0.15) is 13.2 Å². The van der Waals surface area contributed by atoms with Gasteiger partial charge in [0.1, 0.15) is 11.6 Å². The first-order valence-electron chi connectivity index (χ1n) is 10.1. The molecule has 1 aliphatic heterocycles. The number of hydrogen-bond donors (Lipinski definition) is 1. The minimum atomic E-state index is -4.40. The standard InChI is InChI=1S/C22H22F3N3O3/c1-13(15-4-6-16(7-5-15)31-12-22(23,24)25)28-11-18-17(21(28)30)8-9-26-20(18)27-19(29)10-14-2-3-14/h4-9,13-14H,2-3,10-12H2,1H3,(H,26,27,29). The molecule has 1 N–H and O–H groups in total. The van der Waals surface area contributed by atoms with Crippen molar-refractivity contribution in [2.24, 2.45) is 5.92 Å². The van der Waals surface area contributed by atoms with Crippen LogP contribution in [0.15, 0.2) is 36.5 Å². The van der Waals surface area contributed by atoms with Crippen LogP contribution in [0.1, 0.15) is 53.7 Å². The number of rotatable bonds is 7. The Morgan fingerprint density at radius 3 is 2.61 bits per heavy atom. The van der Waals surface area contributed by atoms with Crippen LogP contribution in [0.5, 0.6) is 5.75 Å². The number of halogens is 3. The fraction of sp³-hybridized carbons (Fsp3) is 0.409. The lowest BCUT2D eigenvalue weighted by Gasteiger charge is -2.25. The van der Waals surface area contributed by atoms with E-state index in [1.807, 2.05) is 6.92 Å². The Labute approximate surface area is 177 Å². The van der Waals surface area contributed by atoms with Crippen molar-refractivity contribution in [1.29, 1.82) is 0 Å². The van der Waals surface area contributed by atoms with Crippen LogP contribution in [0.25, 0.3) is 0 Å². The normalized spacial score (nSPS) is 16.8. The molecule has 31 heavy (non-hydrogen) atoms. The molecule has 2 heterocycles. The predicted octanol–water partition coefficient (Wildman–Crippen LogP) is 4.48. The van der Waals surface area contributed by atoms with Crippen LogP contribution in [-0.2, 0) is 11.3 Å². The van der Waals surface area contributed by atoms with Gasteiger partial charge in [-0.05, 0) is 49.4 Å². The van der Waals surface area contributed by atoms with Gasteiger partial charge in [-0.25, -0.2) is 4.98 Å². The zero-order chi connectivity index (χ0) is 22.2. The highest BCUT2D eigenvalue weighted by molar-refractivity contribution is 6.01. The van der Waals surface area contributed by atoms with Crippen LogP contribution in [0.2, 0.25) is 0 Å². The van der Waals surface area contributed by atoms with E-state index in [-0.39, 0.29) is 30.2 Å². The maximum absolute atomic E-state index is 13.0. The number of ether oxygens (including phenoxy) is 1. The number of anilines is 1. The molecule has 1 atom stereocenters. The van der Waals surface area contributed by atoms with Crippen molar-refractivity contribution >= 4 is 17.6 Å². The minimum Gasteiger partial charge on any atom is -0.484 e. The summed E-state index contributed by atoms with van der Waals surface area (Å²) in [5.41, 5.74) is 1.93. The van der Waals surface area contributed by atoms with Crippen LogP contribution in [0.3, 0.4) is 0 Å². The molecule has 0 saturated heterocycles. The van der Waals surface area contributed by atoms with E-state index in [1.165, 1.54) is 18.3 Å². The highest BCUT2D eigenvalue weighted by Crippen LogP contribution is 2.36. The number of nitrogens with zero attached hydrogens (tertiary/aromatic N) is 2. The Balaban J connectivity index is 1.45. The second-order valence-corrected chi connectivity index (χ2v) is 7.96. The van der Waals surface area contributed by atoms with Crippen molar-refractivity contribution < 1.29 is 27.5 Å². The first-order valence-corrected chi connectivity index (χ1v) is 10.1. The second kappa shape index (κ2) is 8.20. The molecule has 1 unspecified atom stereocenters. The maximum atomic E-state index is 13.0. The number of carbonyl (C=O) groups excluding carboxylic acids is 2. The second-order valence-electron chi connectivity index (χ2n) is 7.96. The van der Waals surface area contributed by atoms with E-state index < -0.39 is 12.8 Å². The predicted molar refractivity (Wildman–Crippen MR) is 106 cm³/mol. The van der Waals surface area contributed by atoms with E-state index in [1.54, 1.807) is 23.1 Å². The summed E-state index contributed by atoms with van der Waals surface area (Å²) in [5.74, 6) is 0.672. The summed E-state index contributed by atoms with van der Waals surface area (Å²) in [6.07, 6.45) is -0.304. The molecule has 1 aromatic carbocycles. The Bertz CT molecular complexity index is 988. The quantitative estimate of drug-likeness (QED) is 0.699. The number of fused-ring (bicyclic) bond motifs is 1. The number of aromatic nitrogens is 1. The largest absolute Gasteiger partial charge is 0.484 e. The van der Waals surface area contributed by atoms with E-state index in [2.05, 4.69) is 10.3 Å². The molecule has 2 aromatic rings. The van der Waals surface area contributed by atoms with Gasteiger partial charge >= 0.3 is 6.18 Å². The van der Waals surface area contributed by atoms with Crippen LogP contribution in [0, 0.1) is 5.92 Å². The molecule has 2 amide bonds. The number of alkyl halides is 3. The third-order valence-electron chi connectivity index (χ3n) is 5.54. The van der Waals surface area contributed by atoms with Crippen molar-refractivity contribution in [2.75, 3.05) is 11.9 Å². The van der Waals surface area contributed by atoms with E-state index >= 15 is 0 Å². The van der Waals surface area contributed by atoms with Gasteiger partial charge in [-0.3, -0.25) is 9.59 Å².